The molecule has 2 aromatic carbocycles. The molecule has 1 N–H and O–H groups in total. The molecule has 0 saturated heterocycles. The Bertz CT molecular complexity index is 657. The molecule has 0 heterocycles. The molecule has 0 radical (unpaired) electrons. The SMILES string of the molecule is COc1ccc(C(=O)/C=C/c2cc(OC)ccc2O)cc1. The summed E-state index contributed by atoms with van der Waals surface area (Å²) in [6.07, 6.45) is 2.97. The van der Waals surface area contributed by atoms with E-state index < -0.39 is 0 Å². The molecular formula is C17H16O4. The molecule has 2 aromatic rings. The van der Waals surface area contributed by atoms with Crippen LogP contribution < -0.4 is 9.47 Å². The summed E-state index contributed by atoms with van der Waals surface area (Å²) in [5.41, 5.74) is 1.07. The van der Waals surface area contributed by atoms with Gasteiger partial charge in [0.05, 0.1) is 14.2 Å². The highest BCUT2D eigenvalue weighted by atomic mass is 16.5. The zero-order valence-corrected chi connectivity index (χ0v) is 11.9. The number of methoxy groups -OCH3 is 2. The van der Waals surface area contributed by atoms with E-state index in [0.29, 0.717) is 22.6 Å². The van der Waals surface area contributed by atoms with Crippen LogP contribution in [0.1, 0.15) is 15.9 Å². The third kappa shape index (κ3) is 3.63. The molecule has 0 atom stereocenters. The van der Waals surface area contributed by atoms with Gasteiger partial charge in [-0.15, -0.1) is 0 Å². The van der Waals surface area contributed by atoms with Crippen molar-refractivity contribution in [2.24, 2.45) is 0 Å². The van der Waals surface area contributed by atoms with E-state index in [1.54, 1.807) is 56.7 Å². The minimum Gasteiger partial charge on any atom is -0.507 e. The Balaban J connectivity index is 2.18. The van der Waals surface area contributed by atoms with E-state index in [1.165, 1.54) is 12.1 Å². The molecule has 108 valence electrons. The van der Waals surface area contributed by atoms with Crippen LogP contribution in [-0.4, -0.2) is 25.1 Å². The van der Waals surface area contributed by atoms with Gasteiger partial charge in [0, 0.05) is 11.1 Å². The standard InChI is InChI=1S/C17H16O4/c1-20-14-6-3-12(4-7-14)16(18)9-5-13-11-15(21-2)8-10-17(13)19/h3-11,19H,1-2H3/b9-5+. The lowest BCUT2D eigenvalue weighted by Crippen LogP contribution is -1.94. The first-order valence-electron chi connectivity index (χ1n) is 6.37. The van der Waals surface area contributed by atoms with Crippen LogP contribution in [-0.2, 0) is 0 Å². The summed E-state index contributed by atoms with van der Waals surface area (Å²) in [6.45, 7) is 0. The van der Waals surface area contributed by atoms with Gasteiger partial charge in [-0.25, -0.2) is 0 Å². The molecule has 0 saturated carbocycles. The molecular weight excluding hydrogens is 268 g/mol. The van der Waals surface area contributed by atoms with Crippen molar-refractivity contribution in [2.45, 2.75) is 0 Å². The maximum Gasteiger partial charge on any atom is 0.185 e. The van der Waals surface area contributed by atoms with Crippen LogP contribution in [0, 0.1) is 0 Å². The zero-order valence-electron chi connectivity index (χ0n) is 11.9. The summed E-state index contributed by atoms with van der Waals surface area (Å²) in [6, 6.07) is 11.7. The molecule has 2 rings (SSSR count). The van der Waals surface area contributed by atoms with Gasteiger partial charge in [-0.05, 0) is 54.6 Å². The summed E-state index contributed by atoms with van der Waals surface area (Å²) in [7, 11) is 3.12. The number of carbonyl (C=O) groups is 1. The Hall–Kier alpha value is -2.75. The average molecular weight is 284 g/mol. The summed E-state index contributed by atoms with van der Waals surface area (Å²) >= 11 is 0. The van der Waals surface area contributed by atoms with E-state index >= 15 is 0 Å². The number of ketones is 1. The normalized spacial score (nSPS) is 10.6. The molecule has 4 nitrogen and oxygen atoms in total. The van der Waals surface area contributed by atoms with E-state index in [4.69, 9.17) is 9.47 Å². The van der Waals surface area contributed by atoms with Crippen LogP contribution in [0.4, 0.5) is 0 Å². The fourth-order valence-electron chi connectivity index (χ4n) is 1.81. The van der Waals surface area contributed by atoms with Gasteiger partial charge >= 0.3 is 0 Å². The van der Waals surface area contributed by atoms with Crippen molar-refractivity contribution in [1.29, 1.82) is 0 Å². The van der Waals surface area contributed by atoms with Gasteiger partial charge in [0.15, 0.2) is 5.78 Å². The number of rotatable bonds is 5. The van der Waals surface area contributed by atoms with Crippen molar-refractivity contribution in [3.63, 3.8) is 0 Å². The molecule has 0 aliphatic heterocycles. The van der Waals surface area contributed by atoms with Crippen LogP contribution in [0.15, 0.2) is 48.5 Å². The van der Waals surface area contributed by atoms with Gasteiger partial charge < -0.3 is 14.6 Å². The number of benzene rings is 2. The highest BCUT2D eigenvalue weighted by Crippen LogP contribution is 2.24. The van der Waals surface area contributed by atoms with Crippen LogP contribution >= 0.6 is 0 Å². The van der Waals surface area contributed by atoms with Crippen molar-refractivity contribution >= 4 is 11.9 Å². The van der Waals surface area contributed by atoms with Gasteiger partial charge in [-0.2, -0.15) is 0 Å². The minimum atomic E-state index is -0.153. The quantitative estimate of drug-likeness (QED) is 0.676. The van der Waals surface area contributed by atoms with Crippen molar-refractivity contribution in [1.82, 2.24) is 0 Å². The first-order chi connectivity index (χ1) is 10.1. The molecule has 4 heteroatoms. The molecule has 0 fully saturated rings. The van der Waals surface area contributed by atoms with E-state index in [2.05, 4.69) is 0 Å². The maximum absolute atomic E-state index is 12.0. The highest BCUT2D eigenvalue weighted by Gasteiger charge is 2.04. The largest absolute Gasteiger partial charge is 0.507 e. The molecule has 0 amide bonds. The van der Waals surface area contributed by atoms with Crippen molar-refractivity contribution < 1.29 is 19.4 Å². The summed E-state index contributed by atoms with van der Waals surface area (Å²) in [5.74, 6) is 1.25. The van der Waals surface area contributed by atoms with Crippen molar-refractivity contribution in [3.8, 4) is 17.2 Å². The topological polar surface area (TPSA) is 55.8 Å². The Morgan fingerprint density at radius 2 is 1.62 bits per heavy atom. The van der Waals surface area contributed by atoms with Gasteiger partial charge in [0.1, 0.15) is 17.2 Å². The van der Waals surface area contributed by atoms with Crippen LogP contribution in [0.3, 0.4) is 0 Å². The number of hydrogen-bond acceptors (Lipinski definition) is 4. The molecule has 0 unspecified atom stereocenters. The third-order valence-corrected chi connectivity index (χ3v) is 3.02. The number of phenolic OH excluding ortho intramolecular Hbond substituents is 1. The Morgan fingerprint density at radius 3 is 2.24 bits per heavy atom. The Kier molecular flexibility index (Phi) is 4.61. The molecule has 0 aromatic heterocycles. The van der Waals surface area contributed by atoms with Gasteiger partial charge in [0.2, 0.25) is 0 Å². The average Bonchev–Trinajstić information content (AvgIpc) is 2.54. The number of ether oxygens (including phenoxy) is 2. The fraction of sp³-hybridized carbons (Fsp3) is 0.118. The van der Waals surface area contributed by atoms with Crippen LogP contribution in [0.5, 0.6) is 17.2 Å². The predicted octanol–water partition coefficient (Wildman–Crippen LogP) is 3.31. The number of aromatic hydroxyl groups is 1. The molecule has 0 spiro atoms. The van der Waals surface area contributed by atoms with Gasteiger partial charge in [-0.3, -0.25) is 4.79 Å². The van der Waals surface area contributed by atoms with Gasteiger partial charge in [0.25, 0.3) is 0 Å². The number of carbonyl (C=O) groups excluding carboxylic acids is 1. The van der Waals surface area contributed by atoms with E-state index in [9.17, 15) is 9.90 Å². The lowest BCUT2D eigenvalue weighted by atomic mass is 10.1. The fourth-order valence-corrected chi connectivity index (χ4v) is 1.81. The number of hydrogen-bond donors (Lipinski definition) is 1. The van der Waals surface area contributed by atoms with Crippen LogP contribution in [0.25, 0.3) is 6.08 Å². The smallest absolute Gasteiger partial charge is 0.185 e. The lowest BCUT2D eigenvalue weighted by Gasteiger charge is -2.03. The Morgan fingerprint density at radius 1 is 1.00 bits per heavy atom. The lowest BCUT2D eigenvalue weighted by molar-refractivity contribution is 0.104. The van der Waals surface area contributed by atoms with E-state index in [0.717, 1.165) is 0 Å². The number of phenols is 1. The van der Waals surface area contributed by atoms with Crippen molar-refractivity contribution in [3.05, 3.63) is 59.7 Å². The summed E-state index contributed by atoms with van der Waals surface area (Å²) in [4.78, 5) is 12.0. The molecule has 0 bridgehead atoms. The van der Waals surface area contributed by atoms with E-state index in [-0.39, 0.29) is 11.5 Å². The Labute approximate surface area is 123 Å². The first kappa shape index (κ1) is 14.7. The molecule has 0 aliphatic carbocycles. The second kappa shape index (κ2) is 6.61. The summed E-state index contributed by atoms with van der Waals surface area (Å²) in [5, 5.41) is 9.75. The predicted molar refractivity (Wildman–Crippen MR) is 81.0 cm³/mol. The minimum absolute atomic E-state index is 0.0922. The second-order valence-electron chi connectivity index (χ2n) is 4.35. The maximum atomic E-state index is 12.0. The van der Waals surface area contributed by atoms with Gasteiger partial charge in [-0.1, -0.05) is 0 Å². The summed E-state index contributed by atoms with van der Waals surface area (Å²) < 4.78 is 10.1. The second-order valence-corrected chi connectivity index (χ2v) is 4.35. The van der Waals surface area contributed by atoms with Crippen molar-refractivity contribution in [2.75, 3.05) is 14.2 Å². The molecule has 21 heavy (non-hydrogen) atoms. The molecule has 0 aliphatic rings. The zero-order chi connectivity index (χ0) is 15.2. The highest BCUT2D eigenvalue weighted by molar-refractivity contribution is 6.07. The monoisotopic (exact) mass is 284 g/mol. The van der Waals surface area contributed by atoms with Crippen LogP contribution in [0.2, 0.25) is 0 Å². The van der Waals surface area contributed by atoms with E-state index in [1.807, 2.05) is 0 Å². The third-order valence-electron chi connectivity index (χ3n) is 3.02. The first-order valence-corrected chi connectivity index (χ1v) is 6.37. The number of allylic oxidation sites excluding steroid dienone is 1.